The van der Waals surface area contributed by atoms with Crippen molar-refractivity contribution in [3.8, 4) is 11.5 Å². The number of rotatable bonds is 5. The fraction of sp³-hybridized carbons (Fsp3) is 0.474. The Morgan fingerprint density at radius 3 is 2.67 bits per heavy atom. The minimum Gasteiger partial charge on any atom is -0.411 e. The maximum atomic E-state index is 12.2. The first-order valence-electron chi connectivity index (χ1n) is 9.20. The molecule has 3 rings (SSSR count). The van der Waals surface area contributed by atoms with Gasteiger partial charge in [0.1, 0.15) is 0 Å². The molecule has 1 aromatic carbocycles. The van der Waals surface area contributed by atoms with Crippen LogP contribution in [-0.2, 0) is 4.79 Å². The van der Waals surface area contributed by atoms with E-state index in [1.807, 2.05) is 31.2 Å². The lowest BCUT2D eigenvalue weighted by molar-refractivity contribution is -0.119. The molecule has 0 saturated heterocycles. The molecule has 1 fully saturated rings. The molecule has 7 nitrogen and oxygen atoms in total. The maximum Gasteiger partial charge on any atom is 0.321 e. The van der Waals surface area contributed by atoms with Crippen LogP contribution in [0.1, 0.15) is 44.6 Å². The Balaban J connectivity index is 1.52. The van der Waals surface area contributed by atoms with Gasteiger partial charge in [-0.2, -0.15) is 0 Å². The summed E-state index contributed by atoms with van der Waals surface area (Å²) in [5, 5.41) is 13.1. The highest BCUT2D eigenvalue weighted by Gasteiger charge is 2.22. The minimum atomic E-state index is -0.535. The predicted molar refractivity (Wildman–Crippen MR) is 103 cm³/mol. The zero-order chi connectivity index (χ0) is 19.2. The van der Waals surface area contributed by atoms with E-state index in [-0.39, 0.29) is 11.9 Å². The van der Waals surface area contributed by atoms with Crippen LogP contribution in [0.4, 0.5) is 4.79 Å². The highest BCUT2D eigenvalue weighted by Crippen LogP contribution is 2.27. The Kier molecular flexibility index (Phi) is 6.49. The van der Waals surface area contributed by atoms with Crippen LogP contribution in [0.15, 0.2) is 33.9 Å². The van der Waals surface area contributed by atoms with Crippen LogP contribution < -0.4 is 10.6 Å². The third-order valence-corrected chi connectivity index (χ3v) is 5.54. The number of hydrogen-bond donors (Lipinski definition) is 2. The highest BCUT2D eigenvalue weighted by atomic mass is 32.2. The minimum absolute atomic E-state index is 0.155. The van der Waals surface area contributed by atoms with E-state index < -0.39 is 11.3 Å². The fourth-order valence-corrected chi connectivity index (χ4v) is 3.75. The average Bonchev–Trinajstić information content (AvgIpc) is 3.11. The Labute approximate surface area is 162 Å². The summed E-state index contributed by atoms with van der Waals surface area (Å²) in [6.07, 6.45) is 5.38. The molecule has 0 bridgehead atoms. The van der Waals surface area contributed by atoms with Gasteiger partial charge in [0, 0.05) is 11.6 Å². The first-order chi connectivity index (χ1) is 13.0. The second-order valence-electron chi connectivity index (χ2n) is 6.75. The van der Waals surface area contributed by atoms with Crippen LogP contribution >= 0.6 is 11.8 Å². The van der Waals surface area contributed by atoms with Crippen molar-refractivity contribution in [2.45, 2.75) is 62.5 Å². The number of benzene rings is 1. The molecule has 1 saturated carbocycles. The van der Waals surface area contributed by atoms with Gasteiger partial charge in [0.25, 0.3) is 5.22 Å². The molecule has 1 atom stereocenters. The number of urea groups is 1. The van der Waals surface area contributed by atoms with Crippen LogP contribution in [0.25, 0.3) is 11.5 Å². The molecule has 8 heteroatoms. The maximum absolute atomic E-state index is 12.2. The zero-order valence-corrected chi connectivity index (χ0v) is 16.3. The van der Waals surface area contributed by atoms with Gasteiger partial charge in [-0.3, -0.25) is 10.1 Å². The molecule has 1 aliphatic carbocycles. The van der Waals surface area contributed by atoms with Gasteiger partial charge in [0.2, 0.25) is 11.8 Å². The van der Waals surface area contributed by atoms with Crippen molar-refractivity contribution < 1.29 is 14.0 Å². The number of hydrogen-bond acceptors (Lipinski definition) is 6. The lowest BCUT2D eigenvalue weighted by Gasteiger charge is -2.22. The molecule has 0 aliphatic heterocycles. The van der Waals surface area contributed by atoms with Gasteiger partial charge in [-0.05, 0) is 38.3 Å². The van der Waals surface area contributed by atoms with Crippen molar-refractivity contribution in [2.24, 2.45) is 0 Å². The molecule has 1 aromatic heterocycles. The number of amides is 3. The lowest BCUT2D eigenvalue weighted by atomic mass is 9.96. The predicted octanol–water partition coefficient (Wildman–Crippen LogP) is 3.68. The molecular formula is C19H24N4O3S. The standard InChI is InChI=1S/C19H24N4O3S/c1-12-8-6-7-11-15(12)17-22-23-19(26-17)27-13(2)16(24)21-18(25)20-14-9-4-3-5-10-14/h6-8,11,13-14H,3-5,9-10H2,1-2H3,(H2,20,21,24,25). The van der Waals surface area contributed by atoms with E-state index in [1.165, 1.54) is 6.42 Å². The molecule has 1 aliphatic rings. The van der Waals surface area contributed by atoms with E-state index in [1.54, 1.807) is 6.92 Å². The van der Waals surface area contributed by atoms with Crippen LogP contribution in [0, 0.1) is 6.92 Å². The Morgan fingerprint density at radius 2 is 1.93 bits per heavy atom. The number of carbonyl (C=O) groups excluding carboxylic acids is 2. The van der Waals surface area contributed by atoms with Gasteiger partial charge in [-0.1, -0.05) is 49.2 Å². The van der Waals surface area contributed by atoms with Crippen LogP contribution in [0.3, 0.4) is 0 Å². The summed E-state index contributed by atoms with van der Waals surface area (Å²) in [6, 6.07) is 7.43. The average molecular weight is 388 g/mol. The third-order valence-electron chi connectivity index (χ3n) is 4.61. The first-order valence-corrected chi connectivity index (χ1v) is 10.1. The van der Waals surface area contributed by atoms with Gasteiger partial charge < -0.3 is 9.73 Å². The summed E-state index contributed by atoms with van der Waals surface area (Å²) in [7, 11) is 0. The number of aromatic nitrogens is 2. The summed E-state index contributed by atoms with van der Waals surface area (Å²) < 4.78 is 5.66. The monoisotopic (exact) mass is 388 g/mol. The van der Waals surface area contributed by atoms with Gasteiger partial charge in [0.05, 0.1) is 5.25 Å². The topological polar surface area (TPSA) is 97.1 Å². The van der Waals surface area contributed by atoms with Crippen molar-refractivity contribution in [2.75, 3.05) is 0 Å². The van der Waals surface area contributed by atoms with Crippen molar-refractivity contribution in [1.29, 1.82) is 0 Å². The third kappa shape index (κ3) is 5.32. The molecule has 2 N–H and O–H groups in total. The molecule has 2 aromatic rings. The molecule has 0 spiro atoms. The lowest BCUT2D eigenvalue weighted by Crippen LogP contribution is -2.47. The molecule has 0 radical (unpaired) electrons. The van der Waals surface area contributed by atoms with Crippen LogP contribution in [0.2, 0.25) is 0 Å². The SMILES string of the molecule is Cc1ccccc1-c1nnc(SC(C)C(=O)NC(=O)NC2CCCCC2)o1. The molecule has 27 heavy (non-hydrogen) atoms. The summed E-state index contributed by atoms with van der Waals surface area (Å²) in [6.45, 7) is 3.67. The van der Waals surface area contributed by atoms with Crippen molar-refractivity contribution in [1.82, 2.24) is 20.8 Å². The molecule has 3 amide bonds. The number of nitrogens with zero attached hydrogens (tertiary/aromatic N) is 2. The number of imide groups is 1. The Hall–Kier alpha value is -2.35. The van der Waals surface area contributed by atoms with Gasteiger partial charge >= 0.3 is 6.03 Å². The second kappa shape index (κ2) is 9.03. The number of thioether (sulfide) groups is 1. The Bertz CT molecular complexity index is 802. The molecule has 1 unspecified atom stereocenters. The van der Waals surface area contributed by atoms with Gasteiger partial charge in [-0.15, -0.1) is 10.2 Å². The summed E-state index contributed by atoms with van der Waals surface area (Å²) >= 11 is 1.13. The second-order valence-corrected chi connectivity index (χ2v) is 8.04. The van der Waals surface area contributed by atoms with Gasteiger partial charge in [0.15, 0.2) is 0 Å². The van der Waals surface area contributed by atoms with E-state index >= 15 is 0 Å². The van der Waals surface area contributed by atoms with Crippen LogP contribution in [0.5, 0.6) is 0 Å². The smallest absolute Gasteiger partial charge is 0.321 e. The fourth-order valence-electron chi connectivity index (χ4n) is 3.07. The number of nitrogens with one attached hydrogen (secondary N) is 2. The van der Waals surface area contributed by atoms with Crippen molar-refractivity contribution in [3.63, 3.8) is 0 Å². The summed E-state index contributed by atoms with van der Waals surface area (Å²) in [5.41, 5.74) is 1.89. The zero-order valence-electron chi connectivity index (χ0n) is 15.5. The summed E-state index contributed by atoms with van der Waals surface area (Å²) in [4.78, 5) is 24.2. The largest absolute Gasteiger partial charge is 0.411 e. The normalized spacial score (nSPS) is 15.9. The molecule has 1 heterocycles. The van der Waals surface area contributed by atoms with Crippen molar-refractivity contribution in [3.05, 3.63) is 29.8 Å². The quantitative estimate of drug-likeness (QED) is 0.758. The number of aryl methyl sites for hydroxylation is 1. The van der Waals surface area contributed by atoms with Crippen LogP contribution in [-0.4, -0.2) is 33.4 Å². The van der Waals surface area contributed by atoms with E-state index in [2.05, 4.69) is 20.8 Å². The molecular weight excluding hydrogens is 364 g/mol. The Morgan fingerprint density at radius 1 is 1.19 bits per heavy atom. The number of carbonyl (C=O) groups is 2. The van der Waals surface area contributed by atoms with Gasteiger partial charge in [-0.25, -0.2) is 4.79 Å². The highest BCUT2D eigenvalue weighted by molar-refractivity contribution is 8.00. The van der Waals surface area contributed by atoms with E-state index in [0.29, 0.717) is 11.1 Å². The van der Waals surface area contributed by atoms with E-state index in [4.69, 9.17) is 4.42 Å². The first kappa shape index (κ1) is 19.4. The summed E-state index contributed by atoms with van der Waals surface area (Å²) in [5.74, 6) is 0.0298. The van der Waals surface area contributed by atoms with Crippen molar-refractivity contribution >= 4 is 23.7 Å². The molecule has 144 valence electrons. The van der Waals surface area contributed by atoms with E-state index in [0.717, 1.165) is 48.6 Å². The van der Waals surface area contributed by atoms with E-state index in [9.17, 15) is 9.59 Å².